The second-order valence-corrected chi connectivity index (χ2v) is 5.20. The van der Waals surface area contributed by atoms with Crippen LogP contribution in [0.2, 0.25) is 0 Å². The zero-order valence-electron chi connectivity index (χ0n) is 11.3. The first-order valence-corrected chi connectivity index (χ1v) is 7.21. The van der Waals surface area contributed by atoms with Gasteiger partial charge in [0.05, 0.1) is 6.21 Å². The molecular weight excluding hydrogens is 330 g/mol. The molecule has 0 spiro atoms. The maximum atomic E-state index is 11.7. The standard InChI is InChI=1S/C16H14BrN3O/c17-15(11-14-7-3-1-4-8-14)12-18-19-16(21)13-20-9-5-2-6-10-20/h1-12H,13H2/p+1. The van der Waals surface area contributed by atoms with E-state index in [1.54, 1.807) is 10.8 Å². The zero-order chi connectivity index (χ0) is 14.9. The molecule has 0 radical (unpaired) electrons. The normalized spacial score (nSPS) is 11.6. The van der Waals surface area contributed by atoms with E-state index in [-0.39, 0.29) is 12.5 Å². The van der Waals surface area contributed by atoms with Crippen molar-refractivity contribution in [2.45, 2.75) is 6.54 Å². The predicted octanol–water partition coefficient (Wildman–Crippen LogP) is 2.51. The molecule has 1 amide bonds. The Morgan fingerprint density at radius 1 is 1.14 bits per heavy atom. The average Bonchev–Trinajstić information content (AvgIpc) is 2.49. The minimum atomic E-state index is -0.178. The monoisotopic (exact) mass is 344 g/mol. The van der Waals surface area contributed by atoms with Gasteiger partial charge in [0.15, 0.2) is 12.4 Å². The summed E-state index contributed by atoms with van der Waals surface area (Å²) in [6, 6.07) is 15.5. The molecule has 0 aliphatic rings. The lowest BCUT2D eigenvalue weighted by Gasteiger charge is -1.96. The first-order chi connectivity index (χ1) is 10.2. The number of benzene rings is 1. The van der Waals surface area contributed by atoms with Gasteiger partial charge in [-0.3, -0.25) is 4.79 Å². The maximum absolute atomic E-state index is 11.7. The van der Waals surface area contributed by atoms with Crippen molar-refractivity contribution in [3.05, 3.63) is 71.0 Å². The number of carbonyl (C=O) groups is 1. The van der Waals surface area contributed by atoms with E-state index in [4.69, 9.17) is 0 Å². The highest BCUT2D eigenvalue weighted by Crippen LogP contribution is 2.09. The van der Waals surface area contributed by atoms with Crippen LogP contribution in [0.15, 0.2) is 70.5 Å². The molecule has 1 N–H and O–H groups in total. The van der Waals surface area contributed by atoms with Gasteiger partial charge in [-0.2, -0.15) is 9.67 Å². The number of rotatable bonds is 5. The van der Waals surface area contributed by atoms with Crippen molar-refractivity contribution in [3.63, 3.8) is 0 Å². The number of hydrogen-bond donors (Lipinski definition) is 1. The lowest BCUT2D eigenvalue weighted by molar-refractivity contribution is -0.684. The molecule has 4 nitrogen and oxygen atoms in total. The minimum Gasteiger partial charge on any atom is -0.266 e. The number of allylic oxidation sites excluding steroid dienone is 1. The first kappa shape index (κ1) is 15.1. The van der Waals surface area contributed by atoms with Gasteiger partial charge in [0, 0.05) is 16.6 Å². The lowest BCUT2D eigenvalue weighted by Crippen LogP contribution is -2.40. The van der Waals surface area contributed by atoms with Gasteiger partial charge in [-0.15, -0.1) is 0 Å². The van der Waals surface area contributed by atoms with E-state index in [1.165, 1.54) is 0 Å². The molecule has 0 saturated heterocycles. The molecule has 0 fully saturated rings. The Labute approximate surface area is 131 Å². The van der Waals surface area contributed by atoms with Crippen LogP contribution in [0.1, 0.15) is 5.56 Å². The molecule has 1 aromatic carbocycles. The summed E-state index contributed by atoms with van der Waals surface area (Å²) in [6.07, 6.45) is 7.13. The number of carbonyl (C=O) groups excluding carboxylic acids is 1. The summed E-state index contributed by atoms with van der Waals surface area (Å²) >= 11 is 3.39. The number of nitrogens with one attached hydrogen (secondary N) is 1. The highest BCUT2D eigenvalue weighted by molar-refractivity contribution is 9.12. The molecule has 1 heterocycles. The summed E-state index contributed by atoms with van der Waals surface area (Å²) in [4.78, 5) is 11.7. The Morgan fingerprint density at radius 3 is 2.52 bits per heavy atom. The Balaban J connectivity index is 1.84. The third kappa shape index (κ3) is 5.71. The number of aromatic nitrogens is 1. The summed E-state index contributed by atoms with van der Waals surface area (Å²) < 4.78 is 2.56. The molecule has 0 bridgehead atoms. The van der Waals surface area contributed by atoms with Gasteiger partial charge in [0.1, 0.15) is 0 Å². The Morgan fingerprint density at radius 2 is 1.81 bits per heavy atom. The van der Waals surface area contributed by atoms with E-state index in [0.29, 0.717) is 0 Å². The van der Waals surface area contributed by atoms with E-state index < -0.39 is 0 Å². The molecule has 21 heavy (non-hydrogen) atoms. The fourth-order valence-electron chi connectivity index (χ4n) is 1.65. The van der Waals surface area contributed by atoms with E-state index in [1.807, 2.05) is 67.0 Å². The Hall–Kier alpha value is -2.27. The molecule has 106 valence electrons. The van der Waals surface area contributed by atoms with E-state index in [2.05, 4.69) is 26.5 Å². The van der Waals surface area contributed by atoms with Crippen LogP contribution in [0.3, 0.4) is 0 Å². The van der Waals surface area contributed by atoms with Gasteiger partial charge in [-0.05, 0) is 27.6 Å². The van der Waals surface area contributed by atoms with Gasteiger partial charge < -0.3 is 0 Å². The van der Waals surface area contributed by atoms with E-state index >= 15 is 0 Å². The average molecular weight is 345 g/mol. The van der Waals surface area contributed by atoms with Crippen molar-refractivity contribution < 1.29 is 9.36 Å². The van der Waals surface area contributed by atoms with Crippen LogP contribution in [0, 0.1) is 0 Å². The van der Waals surface area contributed by atoms with Gasteiger partial charge in [0.2, 0.25) is 6.54 Å². The molecule has 1 aromatic heterocycles. The van der Waals surface area contributed by atoms with Crippen molar-refractivity contribution in [2.24, 2.45) is 5.10 Å². The molecular formula is C16H15BrN3O+. The highest BCUT2D eigenvalue weighted by Gasteiger charge is 2.06. The van der Waals surface area contributed by atoms with Crippen LogP contribution < -0.4 is 9.99 Å². The quantitative estimate of drug-likeness (QED) is 0.505. The van der Waals surface area contributed by atoms with Crippen LogP contribution in [-0.2, 0) is 11.3 Å². The van der Waals surface area contributed by atoms with Crippen molar-refractivity contribution in [3.8, 4) is 0 Å². The SMILES string of the molecule is O=C(C[n+]1ccccc1)NN=CC(Br)=Cc1ccccc1. The van der Waals surface area contributed by atoms with Crippen LogP contribution in [0.4, 0.5) is 0 Å². The third-order valence-electron chi connectivity index (χ3n) is 2.58. The second kappa shape index (κ2) is 8.11. The summed E-state index contributed by atoms with van der Waals surface area (Å²) in [7, 11) is 0. The Bertz CT molecular complexity index is 639. The number of pyridine rings is 1. The second-order valence-electron chi connectivity index (χ2n) is 4.28. The Kier molecular flexibility index (Phi) is 5.84. The fourth-order valence-corrected chi connectivity index (χ4v) is 2.02. The van der Waals surface area contributed by atoms with Crippen molar-refractivity contribution in [1.82, 2.24) is 5.43 Å². The van der Waals surface area contributed by atoms with E-state index in [0.717, 1.165) is 10.0 Å². The van der Waals surface area contributed by atoms with Crippen molar-refractivity contribution >= 4 is 34.1 Å². The van der Waals surface area contributed by atoms with Gasteiger partial charge in [0.25, 0.3) is 0 Å². The van der Waals surface area contributed by atoms with Gasteiger partial charge >= 0.3 is 5.91 Å². The molecule has 0 atom stereocenters. The maximum Gasteiger partial charge on any atom is 0.305 e. The van der Waals surface area contributed by atoms with E-state index in [9.17, 15) is 4.79 Å². The molecule has 0 aliphatic carbocycles. The van der Waals surface area contributed by atoms with Crippen molar-refractivity contribution in [2.75, 3.05) is 0 Å². The summed E-state index contributed by atoms with van der Waals surface area (Å²) in [5.41, 5.74) is 3.54. The first-order valence-electron chi connectivity index (χ1n) is 6.42. The number of hydrogen-bond acceptors (Lipinski definition) is 2. The zero-order valence-corrected chi connectivity index (χ0v) is 12.9. The smallest absolute Gasteiger partial charge is 0.266 e. The van der Waals surface area contributed by atoms with Crippen LogP contribution >= 0.6 is 15.9 Å². The van der Waals surface area contributed by atoms with Gasteiger partial charge in [-0.25, -0.2) is 5.43 Å². The van der Waals surface area contributed by atoms with Crippen molar-refractivity contribution in [1.29, 1.82) is 0 Å². The predicted molar refractivity (Wildman–Crippen MR) is 86.6 cm³/mol. The summed E-state index contributed by atoms with van der Waals surface area (Å²) in [6.45, 7) is 0.234. The fraction of sp³-hybridized carbons (Fsp3) is 0.0625. The molecule has 2 rings (SSSR count). The van der Waals surface area contributed by atoms with Crippen LogP contribution in [0.5, 0.6) is 0 Å². The molecule has 0 aliphatic heterocycles. The third-order valence-corrected chi connectivity index (χ3v) is 3.02. The topological polar surface area (TPSA) is 45.3 Å². The molecule has 2 aromatic rings. The largest absolute Gasteiger partial charge is 0.305 e. The van der Waals surface area contributed by atoms with Crippen LogP contribution in [0.25, 0.3) is 6.08 Å². The number of amides is 1. The lowest BCUT2D eigenvalue weighted by atomic mass is 10.2. The highest BCUT2D eigenvalue weighted by atomic mass is 79.9. The summed E-state index contributed by atoms with van der Waals surface area (Å²) in [5.74, 6) is -0.178. The van der Waals surface area contributed by atoms with Gasteiger partial charge in [-0.1, -0.05) is 36.4 Å². The minimum absolute atomic E-state index is 0.178. The molecule has 0 saturated carbocycles. The number of hydrazone groups is 1. The summed E-state index contributed by atoms with van der Waals surface area (Å²) in [5, 5.41) is 3.91. The molecule has 0 unspecified atom stereocenters. The number of halogens is 1. The molecule has 5 heteroatoms. The van der Waals surface area contributed by atoms with Crippen LogP contribution in [-0.4, -0.2) is 12.1 Å². The number of nitrogens with zero attached hydrogens (tertiary/aromatic N) is 2.